The van der Waals surface area contributed by atoms with Gasteiger partial charge in [0.15, 0.2) is 5.78 Å². The number of rotatable bonds is 8. The molecule has 0 spiro atoms. The first-order valence-corrected chi connectivity index (χ1v) is 8.86. The molecule has 2 N–H and O–H groups in total. The van der Waals surface area contributed by atoms with Crippen molar-refractivity contribution in [3.8, 4) is 5.75 Å². The van der Waals surface area contributed by atoms with E-state index in [0.29, 0.717) is 22.7 Å². The molecule has 7 heteroatoms. The Bertz CT molecular complexity index is 849. The maximum atomic E-state index is 12.4. The van der Waals surface area contributed by atoms with Crippen LogP contribution in [-0.2, 0) is 9.59 Å². The molecule has 0 aliphatic rings. The molecule has 2 aromatic rings. The summed E-state index contributed by atoms with van der Waals surface area (Å²) in [5.74, 6) is 0.135. The second kappa shape index (κ2) is 9.66. The Morgan fingerprint density at radius 3 is 2.32 bits per heavy atom. The van der Waals surface area contributed by atoms with Gasteiger partial charge in [0, 0.05) is 23.0 Å². The molecule has 2 amide bonds. The van der Waals surface area contributed by atoms with Crippen LogP contribution in [0.5, 0.6) is 5.75 Å². The minimum atomic E-state index is -0.524. The van der Waals surface area contributed by atoms with Crippen LogP contribution in [0, 0.1) is 0 Å². The zero-order valence-corrected chi connectivity index (χ0v) is 16.5. The van der Waals surface area contributed by atoms with Crippen molar-refractivity contribution < 1.29 is 19.1 Å². The van der Waals surface area contributed by atoms with Crippen LogP contribution in [-0.4, -0.2) is 49.2 Å². The number of carbonyl (C=O) groups is 3. The first-order valence-electron chi connectivity index (χ1n) is 8.86. The molecule has 0 unspecified atom stereocenters. The number of ketones is 1. The van der Waals surface area contributed by atoms with Crippen molar-refractivity contribution in [1.82, 2.24) is 4.90 Å². The largest absolute Gasteiger partial charge is 0.497 e. The molecule has 1 atom stereocenters. The van der Waals surface area contributed by atoms with Gasteiger partial charge in [-0.05, 0) is 57.3 Å². The van der Waals surface area contributed by atoms with Crippen molar-refractivity contribution in [1.29, 1.82) is 0 Å². The molecule has 148 valence electrons. The number of ether oxygens (including phenoxy) is 1. The number of nitrogens with zero attached hydrogens (tertiary/aromatic N) is 1. The molecule has 0 bridgehead atoms. The summed E-state index contributed by atoms with van der Waals surface area (Å²) in [6.45, 7) is 3.26. The van der Waals surface area contributed by atoms with Gasteiger partial charge in [0.05, 0.1) is 19.7 Å². The molecular formula is C21H25N3O4. The van der Waals surface area contributed by atoms with E-state index >= 15 is 0 Å². The number of hydrogen-bond acceptors (Lipinski definition) is 5. The summed E-state index contributed by atoms with van der Waals surface area (Å²) in [7, 11) is 3.26. The Hall–Kier alpha value is -3.19. The number of benzene rings is 2. The van der Waals surface area contributed by atoms with Gasteiger partial charge in [-0.3, -0.25) is 19.3 Å². The van der Waals surface area contributed by atoms with E-state index in [0.717, 1.165) is 0 Å². The Morgan fingerprint density at radius 2 is 1.71 bits per heavy atom. The summed E-state index contributed by atoms with van der Waals surface area (Å²) in [6, 6.07) is 13.2. The predicted molar refractivity (Wildman–Crippen MR) is 109 cm³/mol. The number of carbonyl (C=O) groups excluding carboxylic acids is 3. The van der Waals surface area contributed by atoms with Crippen molar-refractivity contribution in [2.24, 2.45) is 0 Å². The first kappa shape index (κ1) is 21.1. The third kappa shape index (κ3) is 5.92. The van der Waals surface area contributed by atoms with E-state index in [1.165, 1.54) is 6.92 Å². The maximum Gasteiger partial charge on any atom is 0.241 e. The second-order valence-electron chi connectivity index (χ2n) is 6.49. The topological polar surface area (TPSA) is 87.7 Å². The van der Waals surface area contributed by atoms with E-state index in [2.05, 4.69) is 10.6 Å². The molecule has 28 heavy (non-hydrogen) atoms. The van der Waals surface area contributed by atoms with Crippen LogP contribution in [0.3, 0.4) is 0 Å². The fraction of sp³-hybridized carbons (Fsp3) is 0.286. The van der Waals surface area contributed by atoms with Crippen LogP contribution in [0.1, 0.15) is 24.2 Å². The third-order valence-electron chi connectivity index (χ3n) is 4.35. The van der Waals surface area contributed by atoms with Gasteiger partial charge < -0.3 is 15.4 Å². The monoisotopic (exact) mass is 383 g/mol. The molecule has 0 saturated heterocycles. The lowest BCUT2D eigenvalue weighted by atomic mass is 10.1. The zero-order valence-electron chi connectivity index (χ0n) is 16.5. The van der Waals surface area contributed by atoms with Crippen LogP contribution in [0.4, 0.5) is 11.4 Å². The van der Waals surface area contributed by atoms with Crippen LogP contribution < -0.4 is 15.4 Å². The smallest absolute Gasteiger partial charge is 0.241 e. The number of likely N-dealkylation sites (N-methyl/N-ethyl adjacent to an activating group) is 1. The molecule has 2 rings (SSSR count). The third-order valence-corrected chi connectivity index (χ3v) is 4.35. The fourth-order valence-corrected chi connectivity index (χ4v) is 2.50. The van der Waals surface area contributed by atoms with Gasteiger partial charge in [-0.25, -0.2) is 0 Å². The summed E-state index contributed by atoms with van der Waals surface area (Å²) >= 11 is 0. The van der Waals surface area contributed by atoms with Gasteiger partial charge >= 0.3 is 0 Å². The van der Waals surface area contributed by atoms with E-state index in [9.17, 15) is 14.4 Å². The van der Waals surface area contributed by atoms with Gasteiger partial charge in [0.1, 0.15) is 5.75 Å². The first-order chi connectivity index (χ1) is 13.3. The highest BCUT2D eigenvalue weighted by Crippen LogP contribution is 2.16. The number of nitrogens with one attached hydrogen (secondary N) is 2. The van der Waals surface area contributed by atoms with Crippen LogP contribution in [0.2, 0.25) is 0 Å². The predicted octanol–water partition coefficient (Wildman–Crippen LogP) is 2.80. The molecule has 0 aliphatic carbocycles. The van der Waals surface area contributed by atoms with Crippen molar-refractivity contribution in [3.05, 3.63) is 54.1 Å². The van der Waals surface area contributed by atoms with Crippen LogP contribution >= 0.6 is 0 Å². The molecule has 0 aliphatic heterocycles. The molecule has 7 nitrogen and oxygen atoms in total. The number of amides is 2. The van der Waals surface area contributed by atoms with Gasteiger partial charge in [0.25, 0.3) is 0 Å². The second-order valence-corrected chi connectivity index (χ2v) is 6.49. The summed E-state index contributed by atoms with van der Waals surface area (Å²) in [4.78, 5) is 37.6. The average Bonchev–Trinajstić information content (AvgIpc) is 2.67. The van der Waals surface area contributed by atoms with Gasteiger partial charge in [-0.1, -0.05) is 6.07 Å². The van der Waals surface area contributed by atoms with Crippen molar-refractivity contribution in [3.63, 3.8) is 0 Å². The highest BCUT2D eigenvalue weighted by molar-refractivity contribution is 5.97. The molecule has 0 radical (unpaired) electrons. The van der Waals surface area contributed by atoms with Gasteiger partial charge in [-0.15, -0.1) is 0 Å². The molecule has 0 saturated carbocycles. The van der Waals surface area contributed by atoms with Gasteiger partial charge in [-0.2, -0.15) is 0 Å². The van der Waals surface area contributed by atoms with E-state index < -0.39 is 6.04 Å². The molecule has 2 aromatic carbocycles. The van der Waals surface area contributed by atoms with E-state index in [4.69, 9.17) is 4.74 Å². The lowest BCUT2D eigenvalue weighted by molar-refractivity contribution is -0.122. The average molecular weight is 383 g/mol. The Labute approximate surface area is 164 Å². The molecule has 0 heterocycles. The van der Waals surface area contributed by atoms with Crippen molar-refractivity contribution in [2.45, 2.75) is 19.9 Å². The lowest BCUT2D eigenvalue weighted by Gasteiger charge is -2.23. The minimum absolute atomic E-state index is 0.0342. The Balaban J connectivity index is 1.89. The number of anilines is 2. The van der Waals surface area contributed by atoms with Crippen molar-refractivity contribution >= 4 is 29.0 Å². The maximum absolute atomic E-state index is 12.4. The SMILES string of the molecule is COc1cccc(NC(=O)CN(C)[C@@H](C)C(=O)Nc2ccc(C(C)=O)cc2)c1. The van der Waals surface area contributed by atoms with Crippen LogP contribution in [0.25, 0.3) is 0 Å². The van der Waals surface area contributed by atoms with Crippen LogP contribution in [0.15, 0.2) is 48.5 Å². The van der Waals surface area contributed by atoms with Gasteiger partial charge in [0.2, 0.25) is 11.8 Å². The van der Waals surface area contributed by atoms with E-state index in [1.807, 2.05) is 0 Å². The van der Waals surface area contributed by atoms with E-state index in [-0.39, 0.29) is 24.1 Å². The normalized spacial score (nSPS) is 11.6. The highest BCUT2D eigenvalue weighted by Gasteiger charge is 2.20. The highest BCUT2D eigenvalue weighted by atomic mass is 16.5. The molecule has 0 aromatic heterocycles. The number of methoxy groups -OCH3 is 1. The summed E-state index contributed by atoms with van der Waals surface area (Å²) in [5, 5.41) is 5.57. The number of hydrogen-bond donors (Lipinski definition) is 2. The molecular weight excluding hydrogens is 358 g/mol. The standard InChI is InChI=1S/C21H25N3O4/c1-14(21(27)23-17-10-8-16(9-11-17)15(2)25)24(3)13-20(26)22-18-6-5-7-19(12-18)28-4/h5-12,14H,13H2,1-4H3,(H,22,26)(H,23,27)/t14-/m0/s1. The lowest BCUT2D eigenvalue weighted by Crippen LogP contribution is -2.43. The summed E-state index contributed by atoms with van der Waals surface area (Å²) in [6.07, 6.45) is 0. The summed E-state index contributed by atoms with van der Waals surface area (Å²) < 4.78 is 5.13. The van der Waals surface area contributed by atoms with E-state index in [1.54, 1.807) is 74.5 Å². The Kier molecular flexibility index (Phi) is 7.28. The molecule has 0 fully saturated rings. The summed E-state index contributed by atoms with van der Waals surface area (Å²) in [5.41, 5.74) is 1.80. The quantitative estimate of drug-likeness (QED) is 0.685. The van der Waals surface area contributed by atoms with Crippen molar-refractivity contribution in [2.75, 3.05) is 31.3 Å². The minimum Gasteiger partial charge on any atom is -0.497 e. The Morgan fingerprint density at radius 1 is 1.04 bits per heavy atom. The number of Topliss-reactive ketones (excluding diaryl/α,β-unsaturated/α-hetero) is 1. The zero-order chi connectivity index (χ0) is 20.7. The fourth-order valence-electron chi connectivity index (χ4n) is 2.50.